The van der Waals surface area contributed by atoms with E-state index < -0.39 is 6.18 Å². The monoisotopic (exact) mass is 237 g/mol. The molecule has 12 heavy (non-hydrogen) atoms. The number of benzene rings is 1. The van der Waals surface area contributed by atoms with Crippen LogP contribution in [0.25, 0.3) is 0 Å². The molecule has 0 amide bonds. The lowest BCUT2D eigenvalue weighted by molar-refractivity contribution is -0.0927. The molecule has 0 nitrogen and oxygen atoms in total. The van der Waals surface area contributed by atoms with Gasteiger partial charge in [0.15, 0.2) is 0 Å². The zero-order chi connectivity index (χ0) is 9.19. The molecule has 0 N–H and O–H groups in total. The summed E-state index contributed by atoms with van der Waals surface area (Å²) in [6.07, 6.45) is -3.99. The highest BCUT2D eigenvalue weighted by Crippen LogP contribution is 2.24. The van der Waals surface area contributed by atoms with Crippen LogP contribution >= 0.6 is 15.9 Å². The standard InChI is InChI=1S/C8H5BrF3/c9-7-3-1-2-6(4-7)5-8(10,11)12/h1-5H. The van der Waals surface area contributed by atoms with E-state index in [1.807, 2.05) is 0 Å². The van der Waals surface area contributed by atoms with E-state index in [2.05, 4.69) is 15.9 Å². The van der Waals surface area contributed by atoms with Gasteiger partial charge in [0.05, 0.1) is 6.42 Å². The molecule has 0 saturated heterocycles. The molecule has 0 atom stereocenters. The number of alkyl halides is 3. The molecule has 1 rings (SSSR count). The third-order valence-electron chi connectivity index (χ3n) is 1.18. The minimum atomic E-state index is -4.25. The SMILES string of the molecule is FC(F)(F)[CH]c1cccc(Br)c1. The van der Waals surface area contributed by atoms with Crippen molar-refractivity contribution in [3.63, 3.8) is 0 Å². The first kappa shape index (κ1) is 9.58. The molecule has 0 aliphatic rings. The number of hydrogen-bond acceptors (Lipinski definition) is 0. The van der Waals surface area contributed by atoms with Gasteiger partial charge < -0.3 is 0 Å². The second-order valence-corrected chi connectivity index (χ2v) is 3.16. The lowest BCUT2D eigenvalue weighted by Gasteiger charge is -2.05. The Hall–Kier alpha value is -0.510. The summed E-state index contributed by atoms with van der Waals surface area (Å²) in [6.45, 7) is 0. The Morgan fingerprint density at radius 3 is 2.42 bits per heavy atom. The normalized spacial score (nSPS) is 11.7. The van der Waals surface area contributed by atoms with Crippen molar-refractivity contribution in [2.24, 2.45) is 0 Å². The van der Waals surface area contributed by atoms with Gasteiger partial charge in [0.25, 0.3) is 0 Å². The maximum atomic E-state index is 11.8. The first-order valence-corrected chi connectivity index (χ1v) is 3.95. The van der Waals surface area contributed by atoms with Crippen LogP contribution in [-0.4, -0.2) is 6.18 Å². The highest BCUT2D eigenvalue weighted by atomic mass is 79.9. The minimum Gasteiger partial charge on any atom is -0.170 e. The van der Waals surface area contributed by atoms with Crippen molar-refractivity contribution in [2.75, 3.05) is 0 Å². The smallest absolute Gasteiger partial charge is 0.170 e. The fourth-order valence-electron chi connectivity index (χ4n) is 0.785. The Labute approximate surface area is 76.5 Å². The van der Waals surface area contributed by atoms with Gasteiger partial charge in [-0.2, -0.15) is 13.2 Å². The van der Waals surface area contributed by atoms with Crippen LogP contribution in [0.2, 0.25) is 0 Å². The molecule has 0 aromatic heterocycles. The molecule has 0 spiro atoms. The molecular formula is C8H5BrF3. The Bertz CT molecular complexity index is 267. The molecule has 1 aromatic rings. The van der Waals surface area contributed by atoms with Crippen molar-refractivity contribution < 1.29 is 13.2 Å². The van der Waals surface area contributed by atoms with Crippen LogP contribution in [0.3, 0.4) is 0 Å². The first-order chi connectivity index (χ1) is 5.47. The molecule has 0 heterocycles. The average molecular weight is 238 g/mol. The van der Waals surface area contributed by atoms with E-state index in [-0.39, 0.29) is 12.0 Å². The van der Waals surface area contributed by atoms with Gasteiger partial charge in [0, 0.05) is 4.47 Å². The minimum absolute atomic E-state index is 0.150. The van der Waals surface area contributed by atoms with E-state index in [9.17, 15) is 13.2 Å². The maximum Gasteiger partial charge on any atom is 0.396 e. The fourth-order valence-corrected chi connectivity index (χ4v) is 1.20. The Balaban J connectivity index is 2.77. The van der Waals surface area contributed by atoms with E-state index in [1.54, 1.807) is 12.1 Å². The number of rotatable bonds is 1. The van der Waals surface area contributed by atoms with E-state index >= 15 is 0 Å². The second-order valence-electron chi connectivity index (χ2n) is 2.24. The van der Waals surface area contributed by atoms with Crippen molar-refractivity contribution in [2.45, 2.75) is 6.18 Å². The summed E-state index contributed by atoms with van der Waals surface area (Å²) in [4.78, 5) is 0. The summed E-state index contributed by atoms with van der Waals surface area (Å²) in [5, 5.41) is 0. The molecule has 0 unspecified atom stereocenters. The molecule has 1 radical (unpaired) electrons. The van der Waals surface area contributed by atoms with Gasteiger partial charge in [-0.1, -0.05) is 28.1 Å². The lowest BCUT2D eigenvalue weighted by Crippen LogP contribution is -2.08. The van der Waals surface area contributed by atoms with Crippen LogP contribution in [0.1, 0.15) is 5.56 Å². The summed E-state index contributed by atoms with van der Waals surface area (Å²) in [7, 11) is 0. The number of halogens is 4. The van der Waals surface area contributed by atoms with Gasteiger partial charge in [0.2, 0.25) is 0 Å². The van der Waals surface area contributed by atoms with Gasteiger partial charge in [-0.15, -0.1) is 0 Å². The maximum absolute atomic E-state index is 11.8. The fraction of sp³-hybridized carbons (Fsp3) is 0.125. The molecular weight excluding hydrogens is 233 g/mol. The molecule has 0 aliphatic heterocycles. The average Bonchev–Trinajstić information content (AvgIpc) is 1.82. The van der Waals surface area contributed by atoms with Gasteiger partial charge >= 0.3 is 6.18 Å². The molecule has 0 aliphatic carbocycles. The van der Waals surface area contributed by atoms with Crippen molar-refractivity contribution in [3.8, 4) is 0 Å². The van der Waals surface area contributed by atoms with Crippen LogP contribution < -0.4 is 0 Å². The molecule has 0 saturated carbocycles. The Morgan fingerprint density at radius 2 is 1.92 bits per heavy atom. The highest BCUT2D eigenvalue weighted by molar-refractivity contribution is 9.10. The van der Waals surface area contributed by atoms with Gasteiger partial charge in [-0.3, -0.25) is 0 Å². The molecule has 0 bridgehead atoms. The molecule has 1 aromatic carbocycles. The van der Waals surface area contributed by atoms with Gasteiger partial charge in [-0.05, 0) is 17.7 Å². The van der Waals surface area contributed by atoms with E-state index in [0.717, 1.165) is 0 Å². The predicted octanol–water partition coefficient (Wildman–Crippen LogP) is 3.56. The molecule has 0 fully saturated rings. The summed E-state index contributed by atoms with van der Waals surface area (Å²) in [5.41, 5.74) is 0.150. The molecule has 4 heteroatoms. The second kappa shape index (κ2) is 3.47. The topological polar surface area (TPSA) is 0 Å². The quantitative estimate of drug-likeness (QED) is 0.701. The van der Waals surface area contributed by atoms with Crippen LogP contribution in [0.5, 0.6) is 0 Å². The summed E-state index contributed by atoms with van der Waals surface area (Å²) >= 11 is 3.08. The van der Waals surface area contributed by atoms with Gasteiger partial charge in [0.1, 0.15) is 0 Å². The zero-order valence-electron chi connectivity index (χ0n) is 5.90. The third-order valence-corrected chi connectivity index (χ3v) is 1.67. The van der Waals surface area contributed by atoms with Crippen molar-refractivity contribution in [1.82, 2.24) is 0 Å². The Morgan fingerprint density at radius 1 is 1.25 bits per heavy atom. The third kappa shape index (κ3) is 3.26. The van der Waals surface area contributed by atoms with Crippen LogP contribution in [0, 0.1) is 6.42 Å². The van der Waals surface area contributed by atoms with E-state index in [0.29, 0.717) is 4.47 Å². The molecule has 65 valence electrons. The zero-order valence-corrected chi connectivity index (χ0v) is 7.48. The van der Waals surface area contributed by atoms with Crippen LogP contribution in [0.4, 0.5) is 13.2 Å². The van der Waals surface area contributed by atoms with E-state index in [4.69, 9.17) is 0 Å². The van der Waals surface area contributed by atoms with E-state index in [1.165, 1.54) is 12.1 Å². The first-order valence-electron chi connectivity index (χ1n) is 3.15. The van der Waals surface area contributed by atoms with Crippen molar-refractivity contribution in [3.05, 3.63) is 40.7 Å². The van der Waals surface area contributed by atoms with Gasteiger partial charge in [-0.25, -0.2) is 0 Å². The number of hydrogen-bond donors (Lipinski definition) is 0. The van der Waals surface area contributed by atoms with Crippen LogP contribution in [0.15, 0.2) is 28.7 Å². The lowest BCUT2D eigenvalue weighted by atomic mass is 10.1. The van der Waals surface area contributed by atoms with Crippen molar-refractivity contribution >= 4 is 15.9 Å². The summed E-state index contributed by atoms with van der Waals surface area (Å²) < 4.78 is 36.0. The summed E-state index contributed by atoms with van der Waals surface area (Å²) in [5.74, 6) is 0. The summed E-state index contributed by atoms with van der Waals surface area (Å²) in [6, 6.07) is 6.04. The predicted molar refractivity (Wildman–Crippen MR) is 43.6 cm³/mol. The van der Waals surface area contributed by atoms with Crippen molar-refractivity contribution in [1.29, 1.82) is 0 Å². The highest BCUT2D eigenvalue weighted by Gasteiger charge is 2.28. The van der Waals surface area contributed by atoms with Crippen LogP contribution in [-0.2, 0) is 0 Å². The largest absolute Gasteiger partial charge is 0.396 e. The Kier molecular flexibility index (Phi) is 2.77.